The van der Waals surface area contributed by atoms with Crippen LogP contribution in [-0.2, 0) is 0 Å². The van der Waals surface area contributed by atoms with E-state index in [1.165, 1.54) is 65.9 Å². The van der Waals surface area contributed by atoms with Crippen molar-refractivity contribution in [2.75, 3.05) is 0 Å². The summed E-state index contributed by atoms with van der Waals surface area (Å²) in [5.74, 6) is 0.872. The number of aromatic nitrogens is 1. The lowest BCUT2D eigenvalue weighted by Crippen LogP contribution is -2.16. The number of hydrogen-bond acceptors (Lipinski definition) is 0. The Bertz CT molecular complexity index is 1860. The second-order valence-corrected chi connectivity index (χ2v) is 9.84. The van der Waals surface area contributed by atoms with Crippen LogP contribution in [-0.4, -0.2) is 4.40 Å². The third-order valence-electron chi connectivity index (χ3n) is 8.04. The third-order valence-corrected chi connectivity index (χ3v) is 8.04. The summed E-state index contributed by atoms with van der Waals surface area (Å²) in [5, 5.41) is 6.68. The van der Waals surface area contributed by atoms with Gasteiger partial charge in [-0.3, -0.25) is 0 Å². The first-order valence-corrected chi connectivity index (χ1v) is 12.2. The lowest BCUT2D eigenvalue weighted by Gasteiger charge is -2.29. The van der Waals surface area contributed by atoms with Gasteiger partial charge in [0.05, 0.1) is 16.7 Å². The minimum Gasteiger partial charge on any atom is -0.308 e. The van der Waals surface area contributed by atoms with E-state index in [4.69, 9.17) is 0 Å². The smallest absolute Gasteiger partial charge is 0.0617 e. The first-order chi connectivity index (χ1) is 16.8. The van der Waals surface area contributed by atoms with Crippen LogP contribution in [0.3, 0.4) is 0 Å². The van der Waals surface area contributed by atoms with Gasteiger partial charge in [0.2, 0.25) is 0 Å². The van der Waals surface area contributed by atoms with Crippen molar-refractivity contribution in [1.29, 1.82) is 0 Å². The fourth-order valence-electron chi connectivity index (χ4n) is 6.47. The average Bonchev–Trinajstić information content (AvgIpc) is 3.39. The van der Waals surface area contributed by atoms with Crippen molar-refractivity contribution < 1.29 is 0 Å². The lowest BCUT2D eigenvalue weighted by molar-refractivity contribution is 0.620. The monoisotopic (exact) mass is 433 g/mol. The Labute approximate surface area is 198 Å². The third kappa shape index (κ3) is 2.29. The predicted octanol–water partition coefficient (Wildman–Crippen LogP) is 8.75. The van der Waals surface area contributed by atoms with Crippen LogP contribution in [0.2, 0.25) is 0 Å². The molecule has 0 spiro atoms. The van der Waals surface area contributed by atoms with Gasteiger partial charge in [-0.2, -0.15) is 0 Å². The maximum Gasteiger partial charge on any atom is 0.0617 e. The van der Waals surface area contributed by atoms with E-state index in [2.05, 4.69) is 121 Å². The molecule has 2 aromatic heterocycles. The minimum atomic E-state index is 0.431. The van der Waals surface area contributed by atoms with E-state index >= 15 is 0 Å². The van der Waals surface area contributed by atoms with Crippen LogP contribution in [0, 0.1) is 5.92 Å². The van der Waals surface area contributed by atoms with Crippen molar-refractivity contribution in [2.24, 2.45) is 5.92 Å². The Morgan fingerprint density at radius 3 is 2.32 bits per heavy atom. The second-order valence-electron chi connectivity index (χ2n) is 9.84. The Hall–Kier alpha value is -4.10. The average molecular weight is 434 g/mol. The molecule has 0 aliphatic heterocycles. The van der Waals surface area contributed by atoms with Gasteiger partial charge in [-0.25, -0.2) is 0 Å². The highest BCUT2D eigenvalue weighted by Crippen LogP contribution is 2.49. The number of rotatable bonds is 1. The Morgan fingerprint density at radius 2 is 1.47 bits per heavy atom. The Kier molecular flexibility index (Phi) is 3.50. The molecule has 2 aliphatic rings. The molecule has 0 amide bonds. The fraction of sp³-hybridized carbons (Fsp3) is 0.0909. The Balaban J connectivity index is 1.59. The SMILES string of the molecule is CC1c2c(n3c4cc5ccccc5cc4c4cc(-c5ccccc5)cc2c43)C=C2C=CC=CC21. The molecule has 0 N–H and O–H groups in total. The molecular weight excluding hydrogens is 410 g/mol. The summed E-state index contributed by atoms with van der Waals surface area (Å²) in [6.07, 6.45) is 11.5. The van der Waals surface area contributed by atoms with Gasteiger partial charge in [0.25, 0.3) is 0 Å². The molecular formula is C33H23N. The second kappa shape index (κ2) is 6.48. The molecule has 6 aromatic rings. The van der Waals surface area contributed by atoms with Gasteiger partial charge >= 0.3 is 0 Å². The van der Waals surface area contributed by atoms with Crippen molar-refractivity contribution in [3.05, 3.63) is 120 Å². The molecule has 2 unspecified atom stereocenters. The van der Waals surface area contributed by atoms with Crippen LogP contribution in [0.1, 0.15) is 24.1 Å². The summed E-state index contributed by atoms with van der Waals surface area (Å²) in [7, 11) is 0. The van der Waals surface area contributed by atoms with Gasteiger partial charge in [0.15, 0.2) is 0 Å². The van der Waals surface area contributed by atoms with Crippen molar-refractivity contribution in [3.63, 3.8) is 0 Å². The van der Waals surface area contributed by atoms with Crippen molar-refractivity contribution in [2.45, 2.75) is 12.8 Å². The van der Waals surface area contributed by atoms with Crippen LogP contribution in [0.5, 0.6) is 0 Å². The van der Waals surface area contributed by atoms with Gasteiger partial charge < -0.3 is 4.40 Å². The summed E-state index contributed by atoms with van der Waals surface area (Å²) < 4.78 is 2.54. The molecule has 34 heavy (non-hydrogen) atoms. The van der Waals surface area contributed by atoms with Crippen LogP contribution in [0.25, 0.3) is 55.2 Å². The maximum absolute atomic E-state index is 2.54. The minimum absolute atomic E-state index is 0.431. The summed E-state index contributed by atoms with van der Waals surface area (Å²) in [6, 6.07) is 29.2. The summed E-state index contributed by atoms with van der Waals surface area (Å²) >= 11 is 0. The molecule has 1 heteroatoms. The van der Waals surface area contributed by atoms with Crippen molar-refractivity contribution in [1.82, 2.24) is 4.40 Å². The predicted molar refractivity (Wildman–Crippen MR) is 145 cm³/mol. The van der Waals surface area contributed by atoms with Gasteiger partial charge in [-0.15, -0.1) is 0 Å². The highest BCUT2D eigenvalue weighted by Gasteiger charge is 2.33. The van der Waals surface area contributed by atoms with E-state index < -0.39 is 0 Å². The van der Waals surface area contributed by atoms with Crippen molar-refractivity contribution >= 4 is 44.0 Å². The van der Waals surface area contributed by atoms with Gasteiger partial charge in [0, 0.05) is 22.1 Å². The zero-order valence-corrected chi connectivity index (χ0v) is 19.0. The number of nitrogens with zero attached hydrogens (tertiary/aromatic N) is 1. The van der Waals surface area contributed by atoms with Gasteiger partial charge in [-0.05, 0) is 69.3 Å². The molecule has 0 saturated heterocycles. The summed E-state index contributed by atoms with van der Waals surface area (Å²) in [4.78, 5) is 0. The molecule has 2 aliphatic carbocycles. The van der Waals surface area contributed by atoms with Crippen LogP contribution < -0.4 is 0 Å². The molecule has 2 heterocycles. The van der Waals surface area contributed by atoms with E-state index in [9.17, 15) is 0 Å². The zero-order valence-electron chi connectivity index (χ0n) is 19.0. The van der Waals surface area contributed by atoms with E-state index in [-0.39, 0.29) is 0 Å². The number of allylic oxidation sites excluding steroid dienone is 5. The highest BCUT2D eigenvalue weighted by molar-refractivity contribution is 6.20. The molecule has 0 fully saturated rings. The van der Waals surface area contributed by atoms with E-state index in [0.717, 1.165) is 0 Å². The normalized spacial score (nSPS) is 19.3. The topological polar surface area (TPSA) is 4.41 Å². The van der Waals surface area contributed by atoms with Crippen LogP contribution in [0.15, 0.2) is 109 Å². The standard InChI is InChI=1S/C33H23N/c1-20-26-14-8-7-13-24(26)19-31-32(20)29-17-25(21-9-3-2-4-10-21)16-28-27-15-22-11-5-6-12-23(22)18-30(27)34(31)33(28)29/h2-20,26H,1H3. The highest BCUT2D eigenvalue weighted by atomic mass is 14.9. The molecule has 4 aromatic carbocycles. The number of fused-ring (bicyclic) bond motifs is 8. The molecule has 0 saturated carbocycles. The number of hydrogen-bond donors (Lipinski definition) is 0. The summed E-state index contributed by atoms with van der Waals surface area (Å²) in [6.45, 7) is 2.40. The van der Waals surface area contributed by atoms with Gasteiger partial charge in [-0.1, -0.05) is 85.8 Å². The maximum atomic E-state index is 2.54. The van der Waals surface area contributed by atoms with Crippen LogP contribution >= 0.6 is 0 Å². The number of benzene rings is 4. The molecule has 8 rings (SSSR count). The molecule has 0 radical (unpaired) electrons. The summed E-state index contributed by atoms with van der Waals surface area (Å²) in [5.41, 5.74) is 9.51. The van der Waals surface area contributed by atoms with E-state index in [0.29, 0.717) is 11.8 Å². The molecule has 160 valence electrons. The Morgan fingerprint density at radius 1 is 0.706 bits per heavy atom. The zero-order chi connectivity index (χ0) is 22.4. The molecule has 0 bridgehead atoms. The fourth-order valence-corrected chi connectivity index (χ4v) is 6.47. The first-order valence-electron chi connectivity index (χ1n) is 12.2. The van der Waals surface area contributed by atoms with Crippen LogP contribution in [0.4, 0.5) is 0 Å². The lowest BCUT2D eigenvalue weighted by atomic mass is 9.75. The van der Waals surface area contributed by atoms with Crippen molar-refractivity contribution in [3.8, 4) is 11.1 Å². The largest absolute Gasteiger partial charge is 0.308 e. The van der Waals surface area contributed by atoms with E-state index in [1.807, 2.05) is 0 Å². The molecule has 2 atom stereocenters. The quantitative estimate of drug-likeness (QED) is 0.244. The molecule has 1 nitrogen and oxygen atoms in total. The van der Waals surface area contributed by atoms with Gasteiger partial charge in [0.1, 0.15) is 0 Å². The first kappa shape index (κ1) is 18.3. The van der Waals surface area contributed by atoms with E-state index in [1.54, 1.807) is 0 Å².